The molecule has 190 valence electrons. The van der Waals surface area contributed by atoms with Crippen LogP contribution in [0.5, 0.6) is 5.75 Å². The molecule has 1 aliphatic rings. The van der Waals surface area contributed by atoms with Crippen LogP contribution in [0.15, 0.2) is 36.5 Å². The van der Waals surface area contributed by atoms with Gasteiger partial charge in [-0.25, -0.2) is 13.6 Å². The fourth-order valence-corrected chi connectivity index (χ4v) is 5.75. The number of aliphatic carboxylic acids is 1. The van der Waals surface area contributed by atoms with Crippen LogP contribution in [0.25, 0.3) is 27.5 Å². The first-order valence-corrected chi connectivity index (χ1v) is 11.9. The number of halogens is 2. The molecular weight excluding hydrogens is 468 g/mol. The zero-order valence-corrected chi connectivity index (χ0v) is 20.7. The van der Waals surface area contributed by atoms with Crippen LogP contribution in [0.2, 0.25) is 0 Å². The van der Waals surface area contributed by atoms with E-state index in [0.717, 1.165) is 33.1 Å². The number of hydrogen-bond donors (Lipinski definition) is 2. The summed E-state index contributed by atoms with van der Waals surface area (Å²) >= 11 is 0. The average molecular weight is 498 g/mol. The van der Waals surface area contributed by atoms with Crippen molar-refractivity contribution in [2.75, 3.05) is 20.8 Å². The van der Waals surface area contributed by atoms with Gasteiger partial charge in [0.15, 0.2) is 11.6 Å². The number of carboxylic acid groups (broad SMARTS) is 1. The van der Waals surface area contributed by atoms with E-state index in [1.165, 1.54) is 13.2 Å². The zero-order valence-electron chi connectivity index (χ0n) is 20.7. The molecule has 2 heterocycles. The minimum Gasteiger partial charge on any atom is -0.494 e. The van der Waals surface area contributed by atoms with Crippen LogP contribution >= 0.6 is 0 Å². The highest BCUT2D eigenvalue weighted by Gasteiger charge is 2.48. The lowest BCUT2D eigenvalue weighted by molar-refractivity contribution is -0.150. The Kier molecular flexibility index (Phi) is 5.78. The molecule has 2 aromatic carbocycles. The van der Waals surface area contributed by atoms with Crippen LogP contribution < -0.4 is 4.74 Å². The predicted molar refractivity (Wildman–Crippen MR) is 132 cm³/mol. The van der Waals surface area contributed by atoms with Gasteiger partial charge >= 0.3 is 5.97 Å². The van der Waals surface area contributed by atoms with Crippen molar-refractivity contribution in [1.82, 2.24) is 14.8 Å². The third-order valence-electron chi connectivity index (χ3n) is 7.36. The molecule has 2 atom stereocenters. The maximum Gasteiger partial charge on any atom is 0.341 e. The lowest BCUT2D eigenvalue weighted by atomic mass is 9.82. The number of ether oxygens (including phenoxy) is 2. The molecule has 0 saturated heterocycles. The Morgan fingerprint density at radius 3 is 2.75 bits per heavy atom. The Balaban J connectivity index is 1.88. The van der Waals surface area contributed by atoms with Crippen molar-refractivity contribution in [1.29, 1.82) is 0 Å². The van der Waals surface area contributed by atoms with Gasteiger partial charge < -0.3 is 19.1 Å². The zero-order chi connectivity index (χ0) is 25.8. The predicted octanol–water partition coefficient (Wildman–Crippen LogP) is 5.64. The molecule has 5 rings (SSSR count). The number of alkyl halides is 1. The van der Waals surface area contributed by atoms with Crippen LogP contribution in [-0.4, -0.2) is 52.3 Å². The highest BCUT2D eigenvalue weighted by molar-refractivity contribution is 5.99. The Hall–Kier alpha value is -3.46. The fourth-order valence-electron chi connectivity index (χ4n) is 5.75. The smallest absolute Gasteiger partial charge is 0.341 e. The standard InChI is InChI=1S/C27H29F2N3O4/c1-26(2,14-35-3)24-23(15-7-8-27(29,12-15)25(33)34)18-11-20-16(13-30-31-20)9-21(18)32(24)17-5-6-19(28)22(10-17)36-4/h5-6,9-11,13,15H,7-8,12,14H2,1-4H3,(H,30,31)(H,33,34)/t15-,27+/m1/s1. The molecule has 4 aromatic rings. The Labute approximate surface area is 207 Å². The van der Waals surface area contributed by atoms with E-state index in [4.69, 9.17) is 9.47 Å². The number of hydrogen-bond acceptors (Lipinski definition) is 4. The van der Waals surface area contributed by atoms with Crippen molar-refractivity contribution < 1.29 is 28.2 Å². The van der Waals surface area contributed by atoms with Gasteiger partial charge in [-0.05, 0) is 55.0 Å². The van der Waals surface area contributed by atoms with E-state index in [1.807, 2.05) is 30.5 Å². The lowest BCUT2D eigenvalue weighted by Crippen LogP contribution is -2.31. The van der Waals surface area contributed by atoms with Gasteiger partial charge in [-0.15, -0.1) is 0 Å². The maximum atomic E-state index is 15.3. The molecule has 0 unspecified atom stereocenters. The summed E-state index contributed by atoms with van der Waals surface area (Å²) in [7, 11) is 3.04. The number of H-pyrrole nitrogens is 1. The molecule has 0 radical (unpaired) electrons. The number of nitrogens with one attached hydrogen (secondary N) is 1. The number of aromatic nitrogens is 3. The summed E-state index contributed by atoms with van der Waals surface area (Å²) in [4.78, 5) is 11.8. The van der Waals surface area contributed by atoms with Crippen molar-refractivity contribution in [3.63, 3.8) is 0 Å². The number of fused-ring (bicyclic) bond motifs is 2. The fraction of sp³-hybridized carbons (Fsp3) is 0.407. The van der Waals surface area contributed by atoms with Crippen LogP contribution in [0.4, 0.5) is 8.78 Å². The second-order valence-corrected chi connectivity index (χ2v) is 10.3. The number of carbonyl (C=O) groups is 1. The molecule has 7 nitrogen and oxygen atoms in total. The van der Waals surface area contributed by atoms with E-state index >= 15 is 4.39 Å². The van der Waals surface area contributed by atoms with E-state index in [1.54, 1.807) is 25.4 Å². The van der Waals surface area contributed by atoms with E-state index < -0.39 is 22.9 Å². The highest BCUT2D eigenvalue weighted by atomic mass is 19.1. The van der Waals surface area contributed by atoms with Gasteiger partial charge in [-0.3, -0.25) is 5.10 Å². The quantitative estimate of drug-likeness (QED) is 0.345. The molecule has 2 N–H and O–H groups in total. The summed E-state index contributed by atoms with van der Waals surface area (Å²) < 4.78 is 42.6. The summed E-state index contributed by atoms with van der Waals surface area (Å²) in [5, 5.41) is 18.5. The van der Waals surface area contributed by atoms with Crippen molar-refractivity contribution in [3.05, 3.63) is 53.6 Å². The molecule has 0 spiro atoms. The molecule has 1 fully saturated rings. The number of benzene rings is 2. The average Bonchev–Trinajstić information content (AvgIpc) is 3.53. The molecular formula is C27H29F2N3O4. The Bertz CT molecular complexity index is 1470. The van der Waals surface area contributed by atoms with E-state index in [0.29, 0.717) is 18.7 Å². The molecule has 1 saturated carbocycles. The summed E-state index contributed by atoms with van der Waals surface area (Å²) in [6.45, 7) is 4.43. The first-order chi connectivity index (χ1) is 17.1. The molecule has 0 aliphatic heterocycles. The monoisotopic (exact) mass is 497 g/mol. The topological polar surface area (TPSA) is 89.4 Å². The molecule has 36 heavy (non-hydrogen) atoms. The molecule has 0 amide bonds. The van der Waals surface area contributed by atoms with Crippen LogP contribution in [0, 0.1) is 5.82 Å². The van der Waals surface area contributed by atoms with Crippen molar-refractivity contribution >= 4 is 27.8 Å². The van der Waals surface area contributed by atoms with Crippen LogP contribution in [-0.2, 0) is 14.9 Å². The number of carboxylic acids is 1. The number of methoxy groups -OCH3 is 2. The summed E-state index contributed by atoms with van der Waals surface area (Å²) in [6.07, 6.45) is 1.95. The third kappa shape index (κ3) is 3.73. The molecule has 0 bridgehead atoms. The summed E-state index contributed by atoms with van der Waals surface area (Å²) in [6, 6.07) is 8.65. The summed E-state index contributed by atoms with van der Waals surface area (Å²) in [5.41, 5.74) is 1.24. The Morgan fingerprint density at radius 1 is 1.31 bits per heavy atom. The maximum absolute atomic E-state index is 15.3. The highest BCUT2D eigenvalue weighted by Crippen LogP contribution is 2.50. The summed E-state index contributed by atoms with van der Waals surface area (Å²) in [5.74, 6) is -2.13. The first kappa shape index (κ1) is 24.2. The second-order valence-electron chi connectivity index (χ2n) is 10.3. The molecule has 1 aliphatic carbocycles. The van der Waals surface area contributed by atoms with Gasteiger partial charge in [-0.2, -0.15) is 5.10 Å². The van der Waals surface area contributed by atoms with Gasteiger partial charge in [0.1, 0.15) is 0 Å². The number of aromatic amines is 1. The van der Waals surface area contributed by atoms with Gasteiger partial charge in [0, 0.05) is 40.7 Å². The SMILES string of the molecule is COCC(C)(C)c1c([C@@H]2CC[C@@](F)(C(=O)O)C2)c2cc3[nH]ncc3cc2n1-c1ccc(F)c(OC)c1. The normalized spacial score (nSPS) is 20.4. The van der Waals surface area contributed by atoms with Gasteiger partial charge in [0.2, 0.25) is 5.67 Å². The van der Waals surface area contributed by atoms with Gasteiger partial charge in [0.25, 0.3) is 0 Å². The van der Waals surface area contributed by atoms with Gasteiger partial charge in [-0.1, -0.05) is 13.8 Å². The van der Waals surface area contributed by atoms with E-state index in [-0.39, 0.29) is 24.5 Å². The minimum atomic E-state index is -2.28. The third-order valence-corrected chi connectivity index (χ3v) is 7.36. The van der Waals surface area contributed by atoms with Gasteiger partial charge in [0.05, 0.1) is 30.9 Å². The van der Waals surface area contributed by atoms with E-state index in [2.05, 4.69) is 10.2 Å². The Morgan fingerprint density at radius 2 is 2.08 bits per heavy atom. The van der Waals surface area contributed by atoms with Crippen molar-refractivity contribution in [3.8, 4) is 11.4 Å². The minimum absolute atomic E-state index is 0.0551. The number of rotatable bonds is 7. The van der Waals surface area contributed by atoms with Crippen molar-refractivity contribution in [2.45, 2.75) is 50.1 Å². The molecule has 9 heteroatoms. The largest absolute Gasteiger partial charge is 0.494 e. The number of nitrogens with zero attached hydrogens (tertiary/aromatic N) is 2. The second kappa shape index (κ2) is 8.58. The lowest BCUT2D eigenvalue weighted by Gasteiger charge is -2.29. The van der Waals surface area contributed by atoms with Crippen molar-refractivity contribution in [2.24, 2.45) is 0 Å². The first-order valence-electron chi connectivity index (χ1n) is 11.9. The van der Waals surface area contributed by atoms with Crippen LogP contribution in [0.3, 0.4) is 0 Å². The van der Waals surface area contributed by atoms with E-state index in [9.17, 15) is 14.3 Å². The molecule has 2 aromatic heterocycles. The van der Waals surface area contributed by atoms with Crippen LogP contribution in [0.1, 0.15) is 50.3 Å².